The molecule has 0 atom stereocenters. The SMILES string of the molecule is Cn1cnc2cnc(NCc3cc(=O)[nH]cn3)nc21.O=CO. The van der Waals surface area contributed by atoms with Gasteiger partial charge >= 0.3 is 0 Å². The summed E-state index contributed by atoms with van der Waals surface area (Å²) in [5.74, 6) is 0.471. The number of anilines is 1. The third-order valence-corrected chi connectivity index (χ3v) is 2.62. The standard InChI is InChI=1S/C11H11N7O.CH2O2/c1-18-6-16-8-4-13-11(17-10(8)18)12-3-7-2-9(19)15-5-14-7;2-1-3/h2,4-6H,3H2,1H3,(H,12,13,17)(H,14,15,19);1H,(H,2,3). The number of carboxylic acid groups (broad SMARTS) is 1. The molecule has 0 amide bonds. The minimum atomic E-state index is -0.250. The first kappa shape index (κ1) is 15.1. The van der Waals surface area contributed by atoms with Gasteiger partial charge in [0.15, 0.2) is 5.65 Å². The van der Waals surface area contributed by atoms with E-state index in [4.69, 9.17) is 9.90 Å². The molecule has 3 aromatic heterocycles. The topological polar surface area (TPSA) is 139 Å². The molecule has 0 aliphatic rings. The van der Waals surface area contributed by atoms with Crippen LogP contribution in [0.4, 0.5) is 5.95 Å². The van der Waals surface area contributed by atoms with Crippen LogP contribution in [0.2, 0.25) is 0 Å². The van der Waals surface area contributed by atoms with E-state index in [1.165, 1.54) is 12.4 Å². The van der Waals surface area contributed by atoms with E-state index in [2.05, 4.69) is 30.2 Å². The normalized spacial score (nSPS) is 9.86. The number of imidazole rings is 1. The van der Waals surface area contributed by atoms with Gasteiger partial charge in [-0.1, -0.05) is 0 Å². The first-order valence-corrected chi connectivity index (χ1v) is 6.13. The maximum absolute atomic E-state index is 11.1. The van der Waals surface area contributed by atoms with Crippen molar-refractivity contribution in [3.8, 4) is 0 Å². The Kier molecular flexibility index (Phi) is 4.75. The Morgan fingerprint density at radius 1 is 1.41 bits per heavy atom. The average molecular weight is 303 g/mol. The molecule has 10 nitrogen and oxygen atoms in total. The number of carbonyl (C=O) groups is 1. The minimum Gasteiger partial charge on any atom is -0.483 e. The summed E-state index contributed by atoms with van der Waals surface area (Å²) in [4.78, 5) is 38.6. The molecule has 3 rings (SSSR count). The highest BCUT2D eigenvalue weighted by molar-refractivity contribution is 5.70. The van der Waals surface area contributed by atoms with E-state index < -0.39 is 0 Å². The largest absolute Gasteiger partial charge is 0.483 e. The van der Waals surface area contributed by atoms with Crippen LogP contribution >= 0.6 is 0 Å². The molecule has 3 aromatic rings. The third-order valence-electron chi connectivity index (χ3n) is 2.62. The van der Waals surface area contributed by atoms with Crippen molar-refractivity contribution in [1.29, 1.82) is 0 Å². The van der Waals surface area contributed by atoms with Gasteiger partial charge in [-0.05, 0) is 0 Å². The zero-order valence-electron chi connectivity index (χ0n) is 11.6. The van der Waals surface area contributed by atoms with Crippen LogP contribution in [0.1, 0.15) is 5.69 Å². The lowest BCUT2D eigenvalue weighted by atomic mass is 10.4. The molecule has 10 heteroatoms. The summed E-state index contributed by atoms with van der Waals surface area (Å²) in [5.41, 5.74) is 1.92. The summed E-state index contributed by atoms with van der Waals surface area (Å²) in [6, 6.07) is 1.43. The highest BCUT2D eigenvalue weighted by atomic mass is 16.3. The average Bonchev–Trinajstić information content (AvgIpc) is 2.87. The zero-order chi connectivity index (χ0) is 15.9. The lowest BCUT2D eigenvalue weighted by molar-refractivity contribution is -0.122. The van der Waals surface area contributed by atoms with Crippen molar-refractivity contribution in [3.63, 3.8) is 0 Å². The highest BCUT2D eigenvalue weighted by Gasteiger charge is 2.04. The van der Waals surface area contributed by atoms with Crippen molar-refractivity contribution in [3.05, 3.63) is 41.0 Å². The highest BCUT2D eigenvalue weighted by Crippen LogP contribution is 2.09. The lowest BCUT2D eigenvalue weighted by Gasteiger charge is -2.03. The quantitative estimate of drug-likeness (QED) is 0.563. The maximum atomic E-state index is 11.1. The van der Waals surface area contributed by atoms with Crippen LogP contribution in [0.25, 0.3) is 11.2 Å². The second-order valence-electron chi connectivity index (χ2n) is 4.12. The molecule has 0 aromatic carbocycles. The second kappa shape index (κ2) is 6.92. The summed E-state index contributed by atoms with van der Waals surface area (Å²) in [5, 5.41) is 9.91. The molecule has 0 saturated heterocycles. The van der Waals surface area contributed by atoms with Crippen LogP contribution in [0.3, 0.4) is 0 Å². The van der Waals surface area contributed by atoms with Crippen LogP contribution in [0.15, 0.2) is 29.7 Å². The van der Waals surface area contributed by atoms with Gasteiger partial charge in [-0.2, -0.15) is 4.98 Å². The number of nitrogens with zero attached hydrogens (tertiary/aromatic N) is 5. The Labute approximate surface area is 123 Å². The number of H-pyrrole nitrogens is 1. The van der Waals surface area contributed by atoms with Crippen molar-refractivity contribution >= 4 is 23.6 Å². The molecule has 114 valence electrons. The first-order valence-electron chi connectivity index (χ1n) is 6.13. The Morgan fingerprint density at radius 3 is 2.91 bits per heavy atom. The van der Waals surface area contributed by atoms with Gasteiger partial charge in [-0.3, -0.25) is 9.59 Å². The number of hydrogen-bond donors (Lipinski definition) is 3. The van der Waals surface area contributed by atoms with Gasteiger partial charge in [-0.25, -0.2) is 15.0 Å². The fraction of sp³-hybridized carbons (Fsp3) is 0.167. The maximum Gasteiger partial charge on any atom is 0.290 e. The van der Waals surface area contributed by atoms with Gasteiger partial charge < -0.3 is 20.0 Å². The van der Waals surface area contributed by atoms with E-state index in [-0.39, 0.29) is 12.0 Å². The van der Waals surface area contributed by atoms with E-state index in [1.807, 2.05) is 11.6 Å². The monoisotopic (exact) mass is 303 g/mol. The number of fused-ring (bicyclic) bond motifs is 1. The summed E-state index contributed by atoms with van der Waals surface area (Å²) in [7, 11) is 1.87. The number of rotatable bonds is 3. The first-order chi connectivity index (χ1) is 10.6. The molecule has 0 aliphatic carbocycles. The van der Waals surface area contributed by atoms with Crippen LogP contribution in [0, 0.1) is 0 Å². The van der Waals surface area contributed by atoms with Crippen LogP contribution < -0.4 is 10.9 Å². The number of aromatic nitrogens is 6. The number of aromatic amines is 1. The Bertz CT molecular complexity index is 827. The summed E-state index contributed by atoms with van der Waals surface area (Å²) < 4.78 is 1.81. The van der Waals surface area contributed by atoms with Gasteiger partial charge in [0.05, 0.1) is 31.1 Å². The molecule has 0 fully saturated rings. The molecule has 0 bridgehead atoms. The Balaban J connectivity index is 0.000000545. The van der Waals surface area contributed by atoms with Gasteiger partial charge in [-0.15, -0.1) is 0 Å². The predicted molar refractivity (Wildman–Crippen MR) is 77.2 cm³/mol. The predicted octanol–water partition coefficient (Wildman–Crippen LogP) is -0.241. The van der Waals surface area contributed by atoms with Crippen molar-refractivity contribution in [1.82, 2.24) is 29.5 Å². The molecule has 0 radical (unpaired) electrons. The van der Waals surface area contributed by atoms with E-state index in [0.717, 1.165) is 11.2 Å². The smallest absolute Gasteiger partial charge is 0.290 e. The molecule has 3 heterocycles. The fourth-order valence-electron chi connectivity index (χ4n) is 1.68. The third kappa shape index (κ3) is 3.62. The number of aryl methyl sites for hydroxylation is 1. The molecular formula is C12H13N7O3. The minimum absolute atomic E-state index is 0.185. The van der Waals surface area contributed by atoms with E-state index in [1.54, 1.807) is 12.5 Å². The summed E-state index contributed by atoms with van der Waals surface area (Å²) >= 11 is 0. The second-order valence-corrected chi connectivity index (χ2v) is 4.12. The van der Waals surface area contributed by atoms with Gasteiger partial charge in [0.25, 0.3) is 12.0 Å². The van der Waals surface area contributed by atoms with Crippen LogP contribution in [0.5, 0.6) is 0 Å². The Hall–Kier alpha value is -3.30. The van der Waals surface area contributed by atoms with Crippen molar-refractivity contribution in [2.75, 3.05) is 5.32 Å². The van der Waals surface area contributed by atoms with E-state index >= 15 is 0 Å². The van der Waals surface area contributed by atoms with Crippen molar-refractivity contribution < 1.29 is 9.90 Å². The number of nitrogens with one attached hydrogen (secondary N) is 2. The van der Waals surface area contributed by atoms with Crippen molar-refractivity contribution in [2.24, 2.45) is 7.05 Å². The van der Waals surface area contributed by atoms with Gasteiger partial charge in [0.2, 0.25) is 5.95 Å². The van der Waals surface area contributed by atoms with Gasteiger partial charge in [0, 0.05) is 13.1 Å². The lowest BCUT2D eigenvalue weighted by Crippen LogP contribution is -2.11. The number of hydrogen-bond acceptors (Lipinski definition) is 7. The Morgan fingerprint density at radius 2 is 2.18 bits per heavy atom. The van der Waals surface area contributed by atoms with Crippen molar-refractivity contribution in [2.45, 2.75) is 6.54 Å². The summed E-state index contributed by atoms with van der Waals surface area (Å²) in [6.07, 6.45) is 4.70. The van der Waals surface area contributed by atoms with E-state index in [9.17, 15) is 4.79 Å². The van der Waals surface area contributed by atoms with E-state index in [0.29, 0.717) is 18.2 Å². The van der Waals surface area contributed by atoms with Gasteiger partial charge in [0.1, 0.15) is 5.52 Å². The summed E-state index contributed by atoms with van der Waals surface area (Å²) in [6.45, 7) is 0.132. The van der Waals surface area contributed by atoms with Crippen LogP contribution in [-0.4, -0.2) is 41.1 Å². The zero-order valence-corrected chi connectivity index (χ0v) is 11.6. The molecule has 0 spiro atoms. The molecule has 0 unspecified atom stereocenters. The fourth-order valence-corrected chi connectivity index (χ4v) is 1.68. The molecule has 22 heavy (non-hydrogen) atoms. The van der Waals surface area contributed by atoms with Crippen LogP contribution in [-0.2, 0) is 18.4 Å². The molecule has 3 N–H and O–H groups in total. The molecule has 0 saturated carbocycles. The molecular weight excluding hydrogens is 290 g/mol. The molecule has 0 aliphatic heterocycles.